The van der Waals surface area contributed by atoms with Gasteiger partial charge in [-0.1, -0.05) is 23.7 Å². The third kappa shape index (κ3) is 4.57. The number of benzene rings is 2. The maximum Gasteiger partial charge on any atom is 0.344 e. The van der Waals surface area contributed by atoms with Crippen LogP contribution in [-0.4, -0.2) is 25.0 Å². The van der Waals surface area contributed by atoms with E-state index in [-0.39, 0.29) is 12.4 Å². The molecule has 23 heavy (non-hydrogen) atoms. The fraction of sp³-hybridized carbons (Fsp3) is 0.222. The third-order valence-electron chi connectivity index (χ3n) is 3.17. The lowest BCUT2D eigenvalue weighted by Gasteiger charge is -2.10. The molecule has 0 fully saturated rings. The van der Waals surface area contributed by atoms with Crippen molar-refractivity contribution >= 4 is 23.4 Å². The largest absolute Gasteiger partial charge is 0.482 e. The Morgan fingerprint density at radius 2 is 1.83 bits per heavy atom. The van der Waals surface area contributed by atoms with E-state index in [1.165, 1.54) is 0 Å². The minimum atomic E-state index is -0.425. The average molecular weight is 333 g/mol. The van der Waals surface area contributed by atoms with E-state index in [0.717, 1.165) is 5.56 Å². The van der Waals surface area contributed by atoms with Gasteiger partial charge in [-0.15, -0.1) is 0 Å². The van der Waals surface area contributed by atoms with Crippen molar-refractivity contribution in [2.45, 2.75) is 13.8 Å². The van der Waals surface area contributed by atoms with E-state index in [0.29, 0.717) is 28.5 Å². The number of ether oxygens (including phenoxy) is 2. The number of esters is 1. The second kappa shape index (κ2) is 7.79. The van der Waals surface area contributed by atoms with Gasteiger partial charge in [-0.3, -0.25) is 4.79 Å². The van der Waals surface area contributed by atoms with Crippen molar-refractivity contribution in [2.24, 2.45) is 0 Å². The molecular formula is C18H17ClO4. The van der Waals surface area contributed by atoms with Crippen molar-refractivity contribution in [3.63, 3.8) is 0 Å². The van der Waals surface area contributed by atoms with Crippen LogP contribution < -0.4 is 4.74 Å². The predicted octanol–water partition coefficient (Wildman–Crippen LogP) is 3.82. The lowest BCUT2D eigenvalue weighted by molar-refractivity contribution is -0.145. The molecule has 2 aromatic carbocycles. The number of carbonyl (C=O) groups excluding carboxylic acids is 2. The molecule has 0 spiro atoms. The van der Waals surface area contributed by atoms with Gasteiger partial charge in [-0.2, -0.15) is 0 Å². The molecule has 0 aromatic heterocycles. The van der Waals surface area contributed by atoms with Gasteiger partial charge in [0.25, 0.3) is 0 Å². The molecule has 0 aliphatic rings. The van der Waals surface area contributed by atoms with Crippen molar-refractivity contribution in [1.82, 2.24) is 0 Å². The molecule has 0 unspecified atom stereocenters. The zero-order chi connectivity index (χ0) is 16.8. The molecule has 0 atom stereocenters. The molecule has 0 heterocycles. The second-order valence-corrected chi connectivity index (χ2v) is 5.35. The quantitative estimate of drug-likeness (QED) is 0.596. The fourth-order valence-corrected chi connectivity index (χ4v) is 2.28. The van der Waals surface area contributed by atoms with Crippen LogP contribution in [0.25, 0.3) is 0 Å². The Morgan fingerprint density at radius 1 is 1.09 bits per heavy atom. The first kappa shape index (κ1) is 17.0. The molecule has 0 saturated heterocycles. The van der Waals surface area contributed by atoms with Crippen LogP contribution in [0.1, 0.15) is 28.4 Å². The van der Waals surface area contributed by atoms with Crippen molar-refractivity contribution in [1.29, 1.82) is 0 Å². The molecule has 120 valence electrons. The Labute approximate surface area is 140 Å². The summed E-state index contributed by atoms with van der Waals surface area (Å²) in [5.74, 6) is -0.000722. The molecule has 0 aliphatic heterocycles. The van der Waals surface area contributed by atoms with Crippen molar-refractivity contribution in [2.75, 3.05) is 13.2 Å². The minimum Gasteiger partial charge on any atom is -0.482 e. The first-order chi connectivity index (χ1) is 11.0. The van der Waals surface area contributed by atoms with E-state index >= 15 is 0 Å². The van der Waals surface area contributed by atoms with Gasteiger partial charge in [0.05, 0.1) is 6.61 Å². The maximum atomic E-state index is 12.4. The molecule has 0 amide bonds. The molecule has 0 radical (unpaired) electrons. The molecular weight excluding hydrogens is 316 g/mol. The molecule has 5 heteroatoms. The normalized spacial score (nSPS) is 10.2. The number of ketones is 1. The van der Waals surface area contributed by atoms with E-state index in [1.807, 2.05) is 6.92 Å². The molecule has 0 N–H and O–H groups in total. The van der Waals surface area contributed by atoms with Gasteiger partial charge in [0.2, 0.25) is 0 Å². The smallest absolute Gasteiger partial charge is 0.344 e. The number of hydrogen-bond donors (Lipinski definition) is 0. The highest BCUT2D eigenvalue weighted by Gasteiger charge is 2.12. The number of carbonyl (C=O) groups is 2. The van der Waals surface area contributed by atoms with Crippen LogP contribution in [0.15, 0.2) is 42.5 Å². The molecule has 0 bridgehead atoms. The van der Waals surface area contributed by atoms with Gasteiger partial charge >= 0.3 is 5.97 Å². The summed E-state index contributed by atoms with van der Waals surface area (Å²) >= 11 is 5.91. The summed E-state index contributed by atoms with van der Waals surface area (Å²) in [7, 11) is 0. The summed E-state index contributed by atoms with van der Waals surface area (Å²) in [6, 6.07) is 11.9. The van der Waals surface area contributed by atoms with Gasteiger partial charge in [0, 0.05) is 16.1 Å². The molecule has 4 nitrogen and oxygen atoms in total. The molecule has 2 aromatic rings. The Hall–Kier alpha value is -2.33. The van der Waals surface area contributed by atoms with E-state index in [4.69, 9.17) is 21.1 Å². The first-order valence-electron chi connectivity index (χ1n) is 7.20. The number of halogens is 1. The summed E-state index contributed by atoms with van der Waals surface area (Å²) < 4.78 is 10.2. The van der Waals surface area contributed by atoms with E-state index in [2.05, 4.69) is 0 Å². The third-order valence-corrected chi connectivity index (χ3v) is 3.41. The summed E-state index contributed by atoms with van der Waals surface area (Å²) in [6.07, 6.45) is 0. The minimum absolute atomic E-state index is 0.118. The SMILES string of the molecule is CCOC(=O)COc1ccc(C(=O)c2cccc(Cl)c2)cc1C. The van der Waals surface area contributed by atoms with Crippen LogP contribution in [0.3, 0.4) is 0 Å². The number of rotatable bonds is 6. The highest BCUT2D eigenvalue weighted by Crippen LogP contribution is 2.22. The summed E-state index contributed by atoms with van der Waals surface area (Å²) in [4.78, 5) is 23.7. The Morgan fingerprint density at radius 3 is 2.48 bits per heavy atom. The standard InChI is InChI=1S/C18H17ClO4/c1-3-22-17(20)11-23-16-8-7-14(9-12(16)2)18(21)13-5-4-6-15(19)10-13/h4-10H,3,11H2,1-2H3. The van der Waals surface area contributed by atoms with Gasteiger partial charge in [0.1, 0.15) is 5.75 Å². The van der Waals surface area contributed by atoms with Crippen molar-refractivity contribution in [3.8, 4) is 5.75 Å². The average Bonchev–Trinajstić information content (AvgIpc) is 2.53. The van der Waals surface area contributed by atoms with Gasteiger partial charge in [-0.25, -0.2) is 4.79 Å². The Bertz CT molecular complexity index is 725. The Balaban J connectivity index is 2.12. The molecule has 0 aliphatic carbocycles. The van der Waals surface area contributed by atoms with Crippen LogP contribution in [-0.2, 0) is 9.53 Å². The van der Waals surface area contributed by atoms with Gasteiger partial charge in [0.15, 0.2) is 12.4 Å². The summed E-state index contributed by atoms with van der Waals surface area (Å²) in [6.45, 7) is 3.71. The first-order valence-corrected chi connectivity index (χ1v) is 7.58. The lowest BCUT2D eigenvalue weighted by Crippen LogP contribution is -2.15. The van der Waals surface area contributed by atoms with E-state index in [1.54, 1.807) is 49.4 Å². The van der Waals surface area contributed by atoms with Gasteiger partial charge < -0.3 is 9.47 Å². The van der Waals surface area contributed by atoms with Crippen LogP contribution in [0, 0.1) is 6.92 Å². The monoisotopic (exact) mass is 332 g/mol. The topological polar surface area (TPSA) is 52.6 Å². The highest BCUT2D eigenvalue weighted by molar-refractivity contribution is 6.31. The van der Waals surface area contributed by atoms with Crippen LogP contribution in [0.2, 0.25) is 5.02 Å². The number of aryl methyl sites for hydroxylation is 1. The lowest BCUT2D eigenvalue weighted by atomic mass is 10.0. The maximum absolute atomic E-state index is 12.4. The molecule has 0 saturated carbocycles. The molecule has 2 rings (SSSR count). The van der Waals surface area contributed by atoms with Crippen molar-refractivity contribution < 1.29 is 19.1 Å². The van der Waals surface area contributed by atoms with E-state index < -0.39 is 5.97 Å². The zero-order valence-corrected chi connectivity index (χ0v) is 13.7. The number of hydrogen-bond acceptors (Lipinski definition) is 4. The highest BCUT2D eigenvalue weighted by atomic mass is 35.5. The fourth-order valence-electron chi connectivity index (χ4n) is 2.09. The summed E-state index contributed by atoms with van der Waals surface area (Å²) in [5, 5.41) is 0.516. The zero-order valence-electron chi connectivity index (χ0n) is 13.0. The predicted molar refractivity (Wildman–Crippen MR) is 88.2 cm³/mol. The van der Waals surface area contributed by atoms with Crippen molar-refractivity contribution in [3.05, 3.63) is 64.2 Å². The van der Waals surface area contributed by atoms with Crippen LogP contribution in [0.4, 0.5) is 0 Å². The van der Waals surface area contributed by atoms with Gasteiger partial charge in [-0.05, 0) is 49.7 Å². The Kier molecular flexibility index (Phi) is 5.77. The summed E-state index contributed by atoms with van der Waals surface area (Å²) in [5.41, 5.74) is 1.83. The van der Waals surface area contributed by atoms with E-state index in [9.17, 15) is 9.59 Å². The van der Waals surface area contributed by atoms with Crippen LogP contribution in [0.5, 0.6) is 5.75 Å². The van der Waals surface area contributed by atoms with Crippen LogP contribution >= 0.6 is 11.6 Å². The second-order valence-electron chi connectivity index (χ2n) is 4.91.